The number of benzene rings is 2. The summed E-state index contributed by atoms with van der Waals surface area (Å²) in [5.74, 6) is -0.499. The largest absolute Gasteiger partial charge is 0.489 e. The van der Waals surface area contributed by atoms with Gasteiger partial charge in [-0.2, -0.15) is 0 Å². The van der Waals surface area contributed by atoms with E-state index < -0.39 is 5.97 Å². The van der Waals surface area contributed by atoms with Crippen molar-refractivity contribution in [3.05, 3.63) is 65.9 Å². The SMILES string of the molecule is O=C(O)c1cc2ccc(OCc3ccccc3)cc2o1. The van der Waals surface area contributed by atoms with Crippen LogP contribution in [0.3, 0.4) is 0 Å². The molecule has 0 atom stereocenters. The fraction of sp³-hybridized carbons (Fsp3) is 0.0625. The molecule has 0 aliphatic carbocycles. The lowest BCUT2D eigenvalue weighted by atomic mass is 10.2. The third kappa shape index (κ3) is 2.49. The number of aromatic carboxylic acids is 1. The standard InChI is InChI=1S/C16H12O4/c17-16(18)15-8-12-6-7-13(9-14(12)20-15)19-10-11-4-2-1-3-5-11/h1-9H,10H2,(H,17,18). The monoisotopic (exact) mass is 268 g/mol. The van der Waals surface area contributed by atoms with Gasteiger partial charge in [-0.25, -0.2) is 4.79 Å². The average molecular weight is 268 g/mol. The number of carbonyl (C=O) groups is 1. The number of ether oxygens (including phenoxy) is 1. The fourth-order valence-electron chi connectivity index (χ4n) is 1.95. The van der Waals surface area contributed by atoms with Gasteiger partial charge in [0.1, 0.15) is 17.9 Å². The number of hydrogen-bond acceptors (Lipinski definition) is 3. The van der Waals surface area contributed by atoms with E-state index in [1.165, 1.54) is 6.07 Å². The van der Waals surface area contributed by atoms with Crippen LogP contribution in [0.4, 0.5) is 0 Å². The van der Waals surface area contributed by atoms with Gasteiger partial charge in [0.05, 0.1) is 0 Å². The van der Waals surface area contributed by atoms with Crippen LogP contribution in [-0.2, 0) is 6.61 Å². The molecule has 3 rings (SSSR count). The predicted molar refractivity (Wildman–Crippen MR) is 73.9 cm³/mol. The highest BCUT2D eigenvalue weighted by Gasteiger charge is 2.10. The quantitative estimate of drug-likeness (QED) is 0.783. The van der Waals surface area contributed by atoms with E-state index in [4.69, 9.17) is 14.3 Å². The first kappa shape index (κ1) is 12.3. The van der Waals surface area contributed by atoms with Gasteiger partial charge < -0.3 is 14.3 Å². The van der Waals surface area contributed by atoms with Gasteiger partial charge in [0.2, 0.25) is 5.76 Å². The summed E-state index contributed by atoms with van der Waals surface area (Å²) in [7, 11) is 0. The molecule has 0 saturated carbocycles. The molecule has 1 aromatic heterocycles. The lowest BCUT2D eigenvalue weighted by Crippen LogP contribution is -1.94. The molecule has 1 N–H and O–H groups in total. The summed E-state index contributed by atoms with van der Waals surface area (Å²) < 4.78 is 10.9. The van der Waals surface area contributed by atoms with Crippen molar-refractivity contribution in [1.29, 1.82) is 0 Å². The summed E-state index contributed by atoms with van der Waals surface area (Å²) >= 11 is 0. The van der Waals surface area contributed by atoms with Crippen molar-refractivity contribution in [3.8, 4) is 5.75 Å². The predicted octanol–water partition coefficient (Wildman–Crippen LogP) is 3.71. The highest BCUT2D eigenvalue weighted by molar-refractivity contribution is 5.91. The number of fused-ring (bicyclic) bond motifs is 1. The Bertz CT molecular complexity index is 744. The summed E-state index contributed by atoms with van der Waals surface area (Å²) in [6, 6.07) is 16.6. The van der Waals surface area contributed by atoms with Crippen LogP contribution in [0.5, 0.6) is 5.75 Å². The molecule has 0 aliphatic rings. The van der Waals surface area contributed by atoms with E-state index >= 15 is 0 Å². The van der Waals surface area contributed by atoms with E-state index in [0.29, 0.717) is 17.9 Å². The molecule has 0 amide bonds. The summed E-state index contributed by atoms with van der Waals surface area (Å²) in [6.07, 6.45) is 0. The van der Waals surface area contributed by atoms with Crippen molar-refractivity contribution in [2.75, 3.05) is 0 Å². The van der Waals surface area contributed by atoms with Crippen molar-refractivity contribution >= 4 is 16.9 Å². The maximum atomic E-state index is 10.8. The van der Waals surface area contributed by atoms with Gasteiger partial charge in [-0.3, -0.25) is 0 Å². The van der Waals surface area contributed by atoms with E-state index in [1.54, 1.807) is 18.2 Å². The summed E-state index contributed by atoms with van der Waals surface area (Å²) in [6.45, 7) is 0.457. The third-order valence-electron chi connectivity index (χ3n) is 2.95. The Labute approximate surface area is 115 Å². The van der Waals surface area contributed by atoms with Gasteiger partial charge in [0, 0.05) is 11.5 Å². The molecule has 0 radical (unpaired) electrons. The van der Waals surface area contributed by atoms with E-state index in [1.807, 2.05) is 30.3 Å². The first-order valence-electron chi connectivity index (χ1n) is 6.16. The van der Waals surface area contributed by atoms with Crippen LogP contribution in [0, 0.1) is 0 Å². The molecule has 20 heavy (non-hydrogen) atoms. The Morgan fingerprint density at radius 1 is 1.10 bits per heavy atom. The fourth-order valence-corrected chi connectivity index (χ4v) is 1.95. The van der Waals surface area contributed by atoms with Crippen LogP contribution < -0.4 is 4.74 Å². The van der Waals surface area contributed by atoms with Crippen molar-refractivity contribution in [1.82, 2.24) is 0 Å². The van der Waals surface area contributed by atoms with Crippen molar-refractivity contribution < 1.29 is 19.1 Å². The first-order valence-corrected chi connectivity index (χ1v) is 6.16. The van der Waals surface area contributed by atoms with Crippen LogP contribution in [-0.4, -0.2) is 11.1 Å². The van der Waals surface area contributed by atoms with Crippen LogP contribution in [0.2, 0.25) is 0 Å². The number of furan rings is 1. The Balaban J connectivity index is 1.80. The average Bonchev–Trinajstić information content (AvgIpc) is 2.89. The van der Waals surface area contributed by atoms with Crippen molar-refractivity contribution in [2.24, 2.45) is 0 Å². The second kappa shape index (κ2) is 5.09. The van der Waals surface area contributed by atoms with Crippen LogP contribution in [0.15, 0.2) is 59.0 Å². The summed E-state index contributed by atoms with van der Waals surface area (Å²) in [5, 5.41) is 9.63. The van der Waals surface area contributed by atoms with E-state index in [2.05, 4.69) is 0 Å². The van der Waals surface area contributed by atoms with Gasteiger partial charge in [0.15, 0.2) is 0 Å². The molecule has 4 heteroatoms. The lowest BCUT2D eigenvalue weighted by molar-refractivity contribution is 0.0665. The Kier molecular flexibility index (Phi) is 3.13. The zero-order valence-electron chi connectivity index (χ0n) is 10.6. The smallest absolute Gasteiger partial charge is 0.371 e. The maximum absolute atomic E-state index is 10.8. The molecule has 0 unspecified atom stereocenters. The number of hydrogen-bond donors (Lipinski definition) is 1. The number of carboxylic acids is 1. The molecular weight excluding hydrogens is 256 g/mol. The van der Waals surface area contributed by atoms with E-state index in [9.17, 15) is 4.79 Å². The van der Waals surface area contributed by atoms with Crippen molar-refractivity contribution in [2.45, 2.75) is 6.61 Å². The third-order valence-corrected chi connectivity index (χ3v) is 2.95. The molecule has 0 fully saturated rings. The van der Waals surface area contributed by atoms with Crippen LogP contribution in [0.25, 0.3) is 11.0 Å². The molecule has 0 aliphatic heterocycles. The minimum absolute atomic E-state index is 0.0693. The van der Waals surface area contributed by atoms with E-state index in [-0.39, 0.29) is 5.76 Å². The molecule has 0 saturated heterocycles. The number of rotatable bonds is 4. The zero-order valence-corrected chi connectivity index (χ0v) is 10.6. The molecule has 3 aromatic rings. The second-order valence-corrected chi connectivity index (χ2v) is 4.39. The molecule has 1 heterocycles. The second-order valence-electron chi connectivity index (χ2n) is 4.39. The van der Waals surface area contributed by atoms with Crippen LogP contribution in [0.1, 0.15) is 16.1 Å². The summed E-state index contributed by atoms with van der Waals surface area (Å²) in [4.78, 5) is 10.8. The van der Waals surface area contributed by atoms with Gasteiger partial charge in [-0.15, -0.1) is 0 Å². The Morgan fingerprint density at radius 3 is 2.65 bits per heavy atom. The molecule has 4 nitrogen and oxygen atoms in total. The minimum atomic E-state index is -1.08. The highest BCUT2D eigenvalue weighted by Crippen LogP contribution is 2.24. The highest BCUT2D eigenvalue weighted by atomic mass is 16.5. The van der Waals surface area contributed by atoms with Crippen molar-refractivity contribution in [3.63, 3.8) is 0 Å². The summed E-state index contributed by atoms with van der Waals surface area (Å²) in [5.41, 5.74) is 1.58. The van der Waals surface area contributed by atoms with E-state index in [0.717, 1.165) is 10.9 Å². The van der Waals surface area contributed by atoms with Crippen LogP contribution >= 0.6 is 0 Å². The number of carboxylic acid groups (broad SMARTS) is 1. The van der Waals surface area contributed by atoms with Gasteiger partial charge >= 0.3 is 5.97 Å². The zero-order chi connectivity index (χ0) is 13.9. The van der Waals surface area contributed by atoms with Gasteiger partial charge in [-0.1, -0.05) is 30.3 Å². The Morgan fingerprint density at radius 2 is 1.90 bits per heavy atom. The molecule has 100 valence electrons. The first-order chi connectivity index (χ1) is 9.72. The Hall–Kier alpha value is -2.75. The normalized spacial score (nSPS) is 10.6. The lowest BCUT2D eigenvalue weighted by Gasteiger charge is -2.05. The maximum Gasteiger partial charge on any atom is 0.371 e. The van der Waals surface area contributed by atoms with Gasteiger partial charge in [0.25, 0.3) is 0 Å². The minimum Gasteiger partial charge on any atom is -0.489 e. The van der Waals surface area contributed by atoms with Gasteiger partial charge in [-0.05, 0) is 23.8 Å². The molecule has 0 spiro atoms. The molecule has 2 aromatic carbocycles. The molecular formula is C16H12O4. The topological polar surface area (TPSA) is 59.7 Å². The molecule has 0 bridgehead atoms.